The first-order valence-corrected chi connectivity index (χ1v) is 9.63. The monoisotopic (exact) mass is 330 g/mol. The van der Waals surface area contributed by atoms with Gasteiger partial charge in [0.2, 0.25) is 0 Å². The Kier molecular flexibility index (Phi) is 11.8. The van der Waals surface area contributed by atoms with Crippen LogP contribution in [-0.4, -0.2) is 5.97 Å². The van der Waals surface area contributed by atoms with Gasteiger partial charge in [-0.15, -0.1) is 0 Å². The lowest BCUT2D eigenvalue weighted by Gasteiger charge is -2.06. The van der Waals surface area contributed by atoms with Crippen molar-refractivity contribution in [2.24, 2.45) is 0 Å². The zero-order valence-corrected chi connectivity index (χ0v) is 15.4. The summed E-state index contributed by atoms with van der Waals surface area (Å²) in [5, 5.41) is 0. The van der Waals surface area contributed by atoms with Crippen LogP contribution in [0.5, 0.6) is 0 Å². The van der Waals surface area contributed by atoms with Crippen LogP contribution in [0.3, 0.4) is 0 Å². The van der Waals surface area contributed by atoms with Crippen molar-refractivity contribution in [3.63, 3.8) is 0 Å². The fourth-order valence-corrected chi connectivity index (χ4v) is 2.74. The summed E-state index contributed by atoms with van der Waals surface area (Å²) < 4.78 is 5.32. The van der Waals surface area contributed by atoms with Gasteiger partial charge < -0.3 is 4.74 Å². The lowest BCUT2D eigenvalue weighted by molar-refractivity contribution is -0.145. The Bertz CT molecular complexity index is 448. The van der Waals surface area contributed by atoms with Gasteiger partial charge in [-0.25, -0.2) is 0 Å². The quantitative estimate of drug-likeness (QED) is 0.281. The molecule has 0 fully saturated rings. The van der Waals surface area contributed by atoms with Crippen LogP contribution in [0.2, 0.25) is 0 Å². The van der Waals surface area contributed by atoms with Gasteiger partial charge in [0.1, 0.15) is 6.61 Å². The molecule has 1 aromatic rings. The predicted octanol–water partition coefficient (Wildman–Crippen LogP) is 6.68. The van der Waals surface area contributed by atoms with Gasteiger partial charge in [-0.2, -0.15) is 0 Å². The van der Waals surface area contributed by atoms with Gasteiger partial charge in [-0.1, -0.05) is 102 Å². The van der Waals surface area contributed by atoms with Crippen LogP contribution in [0.4, 0.5) is 0 Å². The van der Waals surface area contributed by atoms with Crippen molar-refractivity contribution in [1.82, 2.24) is 0 Å². The summed E-state index contributed by atoms with van der Waals surface area (Å²) in [6, 6.07) is 7.92. The Morgan fingerprint density at radius 2 is 1.46 bits per heavy atom. The van der Waals surface area contributed by atoms with Gasteiger partial charge in [0.25, 0.3) is 0 Å². The molecular formula is C22H34O2. The maximum atomic E-state index is 11.7. The van der Waals surface area contributed by atoms with Gasteiger partial charge in [0, 0.05) is 6.42 Å². The molecule has 2 heteroatoms. The fourth-order valence-electron chi connectivity index (χ4n) is 2.74. The van der Waals surface area contributed by atoms with Crippen molar-refractivity contribution < 1.29 is 9.53 Å². The highest BCUT2D eigenvalue weighted by Gasteiger charge is 2.03. The highest BCUT2D eigenvalue weighted by molar-refractivity contribution is 5.69. The number of benzene rings is 1. The molecule has 134 valence electrons. The lowest BCUT2D eigenvalue weighted by Crippen LogP contribution is -2.04. The summed E-state index contributed by atoms with van der Waals surface area (Å²) in [6.45, 7) is 6.35. The Hall–Kier alpha value is -1.57. The second-order valence-electron chi connectivity index (χ2n) is 6.54. The molecule has 2 nitrogen and oxygen atoms in total. The minimum Gasteiger partial charge on any atom is -0.461 e. The van der Waals surface area contributed by atoms with E-state index in [2.05, 4.69) is 13.5 Å². The summed E-state index contributed by atoms with van der Waals surface area (Å²) in [4.78, 5) is 11.7. The molecule has 0 unspecified atom stereocenters. The Morgan fingerprint density at radius 3 is 2.00 bits per heavy atom. The number of esters is 1. The van der Waals surface area contributed by atoms with Crippen LogP contribution in [0.1, 0.15) is 88.7 Å². The van der Waals surface area contributed by atoms with Crippen molar-refractivity contribution in [2.45, 2.75) is 84.2 Å². The molecule has 1 rings (SSSR count). The van der Waals surface area contributed by atoms with Crippen LogP contribution in [-0.2, 0) is 16.1 Å². The van der Waals surface area contributed by atoms with E-state index in [1.807, 2.05) is 24.3 Å². The van der Waals surface area contributed by atoms with Crippen LogP contribution >= 0.6 is 0 Å². The largest absolute Gasteiger partial charge is 0.461 e. The first-order chi connectivity index (χ1) is 11.8. The molecule has 0 aliphatic heterocycles. The van der Waals surface area contributed by atoms with Gasteiger partial charge >= 0.3 is 5.97 Å². The fraction of sp³-hybridized carbons (Fsp3) is 0.591. The van der Waals surface area contributed by atoms with E-state index >= 15 is 0 Å². The third-order valence-corrected chi connectivity index (χ3v) is 4.35. The number of ether oxygens (including phenoxy) is 1. The second-order valence-corrected chi connectivity index (χ2v) is 6.54. The number of hydrogen-bond acceptors (Lipinski definition) is 2. The van der Waals surface area contributed by atoms with E-state index in [1.54, 1.807) is 6.08 Å². The minimum atomic E-state index is -0.0811. The van der Waals surface area contributed by atoms with E-state index in [1.165, 1.54) is 51.4 Å². The standard InChI is InChI=1S/C22H34O2/c1-3-5-6-7-8-9-10-11-12-13-14-22(23)24-19-21-17-15-20(4-2)16-18-21/h4,15-18H,2-3,5-14,19H2,1H3. The van der Waals surface area contributed by atoms with Crippen molar-refractivity contribution in [3.8, 4) is 0 Å². The zero-order valence-electron chi connectivity index (χ0n) is 15.4. The van der Waals surface area contributed by atoms with Crippen LogP contribution < -0.4 is 0 Å². The molecule has 0 aliphatic carbocycles. The molecule has 24 heavy (non-hydrogen) atoms. The van der Waals surface area contributed by atoms with Gasteiger partial charge in [-0.3, -0.25) is 4.79 Å². The average molecular weight is 331 g/mol. The summed E-state index contributed by atoms with van der Waals surface area (Å²) in [7, 11) is 0. The van der Waals surface area contributed by atoms with E-state index in [9.17, 15) is 4.79 Å². The van der Waals surface area contributed by atoms with Crippen molar-refractivity contribution >= 4 is 12.0 Å². The first kappa shape index (κ1) is 20.5. The van der Waals surface area contributed by atoms with E-state index in [0.29, 0.717) is 13.0 Å². The van der Waals surface area contributed by atoms with Crippen molar-refractivity contribution in [2.75, 3.05) is 0 Å². The third-order valence-electron chi connectivity index (χ3n) is 4.35. The SMILES string of the molecule is C=Cc1ccc(COC(=O)CCCCCCCCCCCC)cc1. The Morgan fingerprint density at radius 1 is 0.917 bits per heavy atom. The molecule has 0 bridgehead atoms. The maximum absolute atomic E-state index is 11.7. The van der Waals surface area contributed by atoms with E-state index in [4.69, 9.17) is 4.74 Å². The number of carbonyl (C=O) groups is 1. The van der Waals surface area contributed by atoms with Crippen molar-refractivity contribution in [1.29, 1.82) is 0 Å². The lowest BCUT2D eigenvalue weighted by atomic mass is 10.1. The number of rotatable bonds is 14. The van der Waals surface area contributed by atoms with Crippen molar-refractivity contribution in [3.05, 3.63) is 42.0 Å². The topological polar surface area (TPSA) is 26.3 Å². The third kappa shape index (κ3) is 10.3. The summed E-state index contributed by atoms with van der Waals surface area (Å²) in [5.41, 5.74) is 2.10. The second kappa shape index (κ2) is 13.8. The Balaban J connectivity index is 1.95. The van der Waals surface area contributed by atoms with Gasteiger partial charge in [-0.05, 0) is 17.5 Å². The normalized spacial score (nSPS) is 10.5. The number of carbonyl (C=O) groups excluding carboxylic acids is 1. The molecule has 1 aromatic carbocycles. The molecule has 0 saturated carbocycles. The molecule has 0 atom stereocenters. The van der Waals surface area contributed by atoms with E-state index in [-0.39, 0.29) is 5.97 Å². The molecular weight excluding hydrogens is 296 g/mol. The smallest absolute Gasteiger partial charge is 0.306 e. The summed E-state index contributed by atoms with van der Waals surface area (Å²) in [5.74, 6) is -0.0811. The Labute approximate surface area is 148 Å². The summed E-state index contributed by atoms with van der Waals surface area (Å²) >= 11 is 0. The van der Waals surface area contributed by atoms with Gasteiger partial charge in [0.05, 0.1) is 0 Å². The van der Waals surface area contributed by atoms with Crippen LogP contribution in [0.15, 0.2) is 30.8 Å². The molecule has 0 amide bonds. The minimum absolute atomic E-state index is 0.0811. The maximum Gasteiger partial charge on any atom is 0.306 e. The van der Waals surface area contributed by atoms with Crippen LogP contribution in [0, 0.1) is 0 Å². The molecule has 0 aromatic heterocycles. The molecule has 0 saturated heterocycles. The molecule has 0 spiro atoms. The van der Waals surface area contributed by atoms with Gasteiger partial charge in [0.15, 0.2) is 0 Å². The number of hydrogen-bond donors (Lipinski definition) is 0. The average Bonchev–Trinajstić information content (AvgIpc) is 2.62. The van der Waals surface area contributed by atoms with E-state index in [0.717, 1.165) is 24.0 Å². The van der Waals surface area contributed by atoms with Crippen LogP contribution in [0.25, 0.3) is 6.08 Å². The summed E-state index contributed by atoms with van der Waals surface area (Å²) in [6.07, 6.45) is 15.1. The number of unbranched alkanes of at least 4 members (excludes halogenated alkanes) is 9. The molecule has 0 heterocycles. The molecule has 0 radical (unpaired) electrons. The zero-order chi connectivity index (χ0) is 17.5. The highest BCUT2D eigenvalue weighted by atomic mass is 16.5. The first-order valence-electron chi connectivity index (χ1n) is 9.63. The molecule has 0 aliphatic rings. The molecule has 0 N–H and O–H groups in total. The predicted molar refractivity (Wildman–Crippen MR) is 103 cm³/mol. The highest BCUT2D eigenvalue weighted by Crippen LogP contribution is 2.12. The van der Waals surface area contributed by atoms with E-state index < -0.39 is 0 Å².